The molecule has 1 rings (SSSR count). The molecule has 1 aliphatic heterocycles. The molecule has 0 bridgehead atoms. The van der Waals surface area contributed by atoms with Crippen LogP contribution in [0.3, 0.4) is 0 Å². The molecular formula is C6H11F2N. The van der Waals surface area contributed by atoms with Crippen LogP contribution in [0.25, 0.3) is 0 Å². The summed E-state index contributed by atoms with van der Waals surface area (Å²) >= 11 is 0. The van der Waals surface area contributed by atoms with Crippen molar-refractivity contribution < 1.29 is 8.78 Å². The fourth-order valence-electron chi connectivity index (χ4n) is 1.17. The molecule has 1 fully saturated rings. The van der Waals surface area contributed by atoms with Crippen LogP contribution in [0.4, 0.5) is 8.78 Å². The Labute approximate surface area is 53.4 Å². The largest absolute Gasteiger partial charge is 0.316 e. The first-order valence-electron chi connectivity index (χ1n) is 3.28. The number of hydrogen-bond donors (Lipinski definition) is 1. The summed E-state index contributed by atoms with van der Waals surface area (Å²) in [7, 11) is 0. The van der Waals surface area contributed by atoms with Crippen molar-refractivity contribution in [1.29, 1.82) is 0 Å². The van der Waals surface area contributed by atoms with Gasteiger partial charge < -0.3 is 5.32 Å². The van der Waals surface area contributed by atoms with E-state index in [0.29, 0.717) is 0 Å². The van der Waals surface area contributed by atoms with Crippen molar-refractivity contribution in [2.24, 2.45) is 5.92 Å². The van der Waals surface area contributed by atoms with Gasteiger partial charge in [0.05, 0.1) is 0 Å². The third kappa shape index (κ3) is 2.26. The average Bonchev–Trinajstić information content (AvgIpc) is 2.15. The molecule has 0 aromatic rings. The highest BCUT2D eigenvalue weighted by atomic mass is 19.3. The van der Waals surface area contributed by atoms with E-state index in [0.717, 1.165) is 19.5 Å². The second-order valence-corrected chi connectivity index (χ2v) is 2.49. The molecular weight excluding hydrogens is 124 g/mol. The highest BCUT2D eigenvalue weighted by Gasteiger charge is 2.18. The van der Waals surface area contributed by atoms with E-state index in [-0.39, 0.29) is 12.3 Å². The maximum Gasteiger partial charge on any atom is 0.238 e. The quantitative estimate of drug-likeness (QED) is 0.601. The number of halogens is 2. The Bertz CT molecular complexity index is 79.1. The summed E-state index contributed by atoms with van der Waals surface area (Å²) in [6.07, 6.45) is -1.12. The van der Waals surface area contributed by atoms with Crippen LogP contribution >= 0.6 is 0 Å². The van der Waals surface area contributed by atoms with Gasteiger partial charge in [-0.1, -0.05) is 0 Å². The van der Waals surface area contributed by atoms with Gasteiger partial charge in [0.25, 0.3) is 0 Å². The van der Waals surface area contributed by atoms with Crippen molar-refractivity contribution in [3.63, 3.8) is 0 Å². The zero-order valence-electron chi connectivity index (χ0n) is 5.24. The maximum absolute atomic E-state index is 11.7. The van der Waals surface area contributed by atoms with Crippen LogP contribution in [0.5, 0.6) is 0 Å². The van der Waals surface area contributed by atoms with Crippen molar-refractivity contribution >= 4 is 0 Å². The topological polar surface area (TPSA) is 12.0 Å². The predicted octanol–water partition coefficient (Wildman–Crippen LogP) is 1.25. The number of rotatable bonds is 2. The van der Waals surface area contributed by atoms with Gasteiger partial charge >= 0.3 is 0 Å². The first kappa shape index (κ1) is 6.93. The zero-order valence-corrected chi connectivity index (χ0v) is 5.24. The standard InChI is InChI=1S/C6H11F2N/c7-6(8)3-5-1-2-9-4-5/h5-6,9H,1-4H2/t5-/m0/s1. The van der Waals surface area contributed by atoms with Gasteiger partial charge in [0, 0.05) is 6.42 Å². The molecule has 0 unspecified atom stereocenters. The summed E-state index contributed by atoms with van der Waals surface area (Å²) in [6, 6.07) is 0. The van der Waals surface area contributed by atoms with Crippen molar-refractivity contribution in [2.45, 2.75) is 19.3 Å². The lowest BCUT2D eigenvalue weighted by Crippen LogP contribution is -2.11. The Hall–Kier alpha value is -0.180. The van der Waals surface area contributed by atoms with Gasteiger partial charge in [-0.2, -0.15) is 0 Å². The van der Waals surface area contributed by atoms with Gasteiger partial charge in [0.2, 0.25) is 6.43 Å². The average molecular weight is 135 g/mol. The van der Waals surface area contributed by atoms with Crippen LogP contribution in [-0.4, -0.2) is 19.5 Å². The Kier molecular flexibility index (Phi) is 2.39. The Morgan fingerprint density at radius 2 is 2.33 bits per heavy atom. The van der Waals surface area contributed by atoms with Gasteiger partial charge in [-0.3, -0.25) is 0 Å². The van der Waals surface area contributed by atoms with E-state index in [1.165, 1.54) is 0 Å². The molecule has 1 nitrogen and oxygen atoms in total. The number of alkyl halides is 2. The molecule has 0 aromatic carbocycles. The summed E-state index contributed by atoms with van der Waals surface area (Å²) in [5.74, 6) is 0.227. The minimum atomic E-state index is -2.12. The lowest BCUT2D eigenvalue weighted by Gasteiger charge is -2.04. The molecule has 1 aliphatic rings. The van der Waals surface area contributed by atoms with E-state index in [4.69, 9.17) is 0 Å². The van der Waals surface area contributed by atoms with Crippen molar-refractivity contribution in [3.8, 4) is 0 Å². The normalized spacial score (nSPS) is 27.7. The van der Waals surface area contributed by atoms with E-state index < -0.39 is 6.43 Å². The Balaban J connectivity index is 2.11. The van der Waals surface area contributed by atoms with Crippen LogP contribution in [0.2, 0.25) is 0 Å². The molecule has 1 N–H and O–H groups in total. The summed E-state index contributed by atoms with van der Waals surface area (Å²) in [5, 5.41) is 3.04. The molecule has 3 heteroatoms. The monoisotopic (exact) mass is 135 g/mol. The van der Waals surface area contributed by atoms with E-state index in [1.807, 2.05) is 0 Å². The number of nitrogens with one attached hydrogen (secondary N) is 1. The van der Waals surface area contributed by atoms with Crippen LogP contribution in [-0.2, 0) is 0 Å². The van der Waals surface area contributed by atoms with Gasteiger partial charge in [0.1, 0.15) is 0 Å². The zero-order chi connectivity index (χ0) is 6.69. The number of hydrogen-bond acceptors (Lipinski definition) is 1. The summed E-state index contributed by atoms with van der Waals surface area (Å²) < 4.78 is 23.3. The summed E-state index contributed by atoms with van der Waals surface area (Å²) in [5.41, 5.74) is 0. The van der Waals surface area contributed by atoms with Crippen molar-refractivity contribution in [3.05, 3.63) is 0 Å². The first-order valence-corrected chi connectivity index (χ1v) is 3.28. The molecule has 0 aromatic heterocycles. The minimum Gasteiger partial charge on any atom is -0.316 e. The summed E-state index contributed by atoms with van der Waals surface area (Å²) in [6.45, 7) is 1.70. The SMILES string of the molecule is FC(F)C[C@@H]1CCNC1. The first-order chi connectivity index (χ1) is 4.29. The molecule has 0 saturated carbocycles. The minimum absolute atomic E-state index is 0.0764. The lowest BCUT2D eigenvalue weighted by molar-refractivity contribution is 0.118. The highest BCUT2D eigenvalue weighted by Crippen LogP contribution is 2.16. The fraction of sp³-hybridized carbons (Fsp3) is 1.00. The molecule has 0 spiro atoms. The fourth-order valence-corrected chi connectivity index (χ4v) is 1.17. The third-order valence-corrected chi connectivity index (χ3v) is 1.67. The molecule has 9 heavy (non-hydrogen) atoms. The van der Waals surface area contributed by atoms with E-state index in [1.54, 1.807) is 0 Å². The lowest BCUT2D eigenvalue weighted by atomic mass is 10.1. The smallest absolute Gasteiger partial charge is 0.238 e. The Morgan fingerprint density at radius 3 is 2.78 bits per heavy atom. The molecule has 1 saturated heterocycles. The van der Waals surface area contributed by atoms with E-state index >= 15 is 0 Å². The molecule has 0 amide bonds. The third-order valence-electron chi connectivity index (χ3n) is 1.67. The Morgan fingerprint density at radius 1 is 1.56 bits per heavy atom. The van der Waals surface area contributed by atoms with Gasteiger partial charge in [-0.25, -0.2) is 8.78 Å². The predicted molar refractivity (Wildman–Crippen MR) is 31.6 cm³/mol. The van der Waals surface area contributed by atoms with E-state index in [2.05, 4.69) is 5.32 Å². The van der Waals surface area contributed by atoms with Gasteiger partial charge in [0.15, 0.2) is 0 Å². The molecule has 1 heterocycles. The van der Waals surface area contributed by atoms with Crippen LogP contribution < -0.4 is 5.32 Å². The second kappa shape index (κ2) is 3.11. The van der Waals surface area contributed by atoms with Crippen molar-refractivity contribution in [1.82, 2.24) is 5.32 Å². The maximum atomic E-state index is 11.7. The van der Waals surface area contributed by atoms with E-state index in [9.17, 15) is 8.78 Å². The van der Waals surface area contributed by atoms with Gasteiger partial charge in [-0.15, -0.1) is 0 Å². The molecule has 54 valence electrons. The second-order valence-electron chi connectivity index (χ2n) is 2.49. The van der Waals surface area contributed by atoms with Crippen molar-refractivity contribution in [2.75, 3.05) is 13.1 Å². The summed E-state index contributed by atoms with van der Waals surface area (Å²) in [4.78, 5) is 0. The van der Waals surface area contributed by atoms with Crippen LogP contribution in [0.1, 0.15) is 12.8 Å². The van der Waals surface area contributed by atoms with Crippen LogP contribution in [0, 0.1) is 5.92 Å². The van der Waals surface area contributed by atoms with Crippen LogP contribution in [0.15, 0.2) is 0 Å². The highest BCUT2D eigenvalue weighted by molar-refractivity contribution is 4.71. The molecule has 1 atom stereocenters. The molecule has 0 radical (unpaired) electrons. The molecule has 0 aliphatic carbocycles. The van der Waals surface area contributed by atoms with Gasteiger partial charge in [-0.05, 0) is 25.4 Å².